The van der Waals surface area contributed by atoms with Gasteiger partial charge in [0.05, 0.1) is 6.42 Å². The summed E-state index contributed by atoms with van der Waals surface area (Å²) in [5, 5.41) is 8.71. The lowest BCUT2D eigenvalue weighted by atomic mass is 9.86. The fourth-order valence-corrected chi connectivity index (χ4v) is 2.54. The van der Waals surface area contributed by atoms with Gasteiger partial charge in [0.25, 0.3) is 0 Å². The minimum atomic E-state index is -0.803. The van der Waals surface area contributed by atoms with Crippen molar-refractivity contribution in [2.45, 2.75) is 51.0 Å². The van der Waals surface area contributed by atoms with Crippen LogP contribution in [0.2, 0.25) is 0 Å². The largest absolute Gasteiger partial charge is 0.488 e. The average Bonchev–Trinajstić information content (AvgIpc) is 2.31. The van der Waals surface area contributed by atoms with Crippen molar-refractivity contribution in [2.75, 3.05) is 0 Å². The van der Waals surface area contributed by atoms with Crippen molar-refractivity contribution in [1.29, 1.82) is 0 Å². The second-order valence-electron chi connectivity index (χ2n) is 5.33. The number of carbonyl (C=O) groups is 1. The molecule has 0 spiro atoms. The Morgan fingerprint density at radius 2 is 1.83 bits per heavy atom. The minimum Gasteiger partial charge on any atom is -0.488 e. The van der Waals surface area contributed by atoms with Gasteiger partial charge in [-0.25, -0.2) is 0 Å². The van der Waals surface area contributed by atoms with Crippen molar-refractivity contribution < 1.29 is 14.6 Å². The molecular weight excluding hydrogens is 228 g/mol. The van der Waals surface area contributed by atoms with Crippen LogP contribution in [0.15, 0.2) is 24.3 Å². The van der Waals surface area contributed by atoms with Gasteiger partial charge in [-0.3, -0.25) is 4.79 Å². The van der Waals surface area contributed by atoms with Crippen molar-refractivity contribution in [3.63, 3.8) is 0 Å². The van der Waals surface area contributed by atoms with Crippen LogP contribution in [0.1, 0.15) is 44.6 Å². The van der Waals surface area contributed by atoms with Gasteiger partial charge in [-0.2, -0.15) is 0 Å². The van der Waals surface area contributed by atoms with E-state index in [0.717, 1.165) is 24.2 Å². The molecule has 1 aromatic carbocycles. The fourth-order valence-electron chi connectivity index (χ4n) is 2.54. The van der Waals surface area contributed by atoms with Crippen molar-refractivity contribution in [3.8, 4) is 5.75 Å². The molecule has 0 heterocycles. The Kier molecular flexibility index (Phi) is 3.90. The maximum atomic E-state index is 10.6. The quantitative estimate of drug-likeness (QED) is 0.888. The molecule has 1 N–H and O–H groups in total. The molecule has 0 bridgehead atoms. The molecule has 2 rings (SSSR count). The van der Waals surface area contributed by atoms with Crippen molar-refractivity contribution >= 4 is 5.97 Å². The van der Waals surface area contributed by atoms with Gasteiger partial charge in [0.2, 0.25) is 0 Å². The van der Waals surface area contributed by atoms with Crippen LogP contribution in [-0.2, 0) is 11.2 Å². The summed E-state index contributed by atoms with van der Waals surface area (Å²) in [5.74, 6) is 0.0384. The van der Waals surface area contributed by atoms with Crippen LogP contribution in [0.4, 0.5) is 0 Å². The molecule has 0 unspecified atom stereocenters. The van der Waals surface area contributed by atoms with Gasteiger partial charge in [0.15, 0.2) is 0 Å². The highest BCUT2D eigenvalue weighted by Crippen LogP contribution is 2.32. The molecule has 1 fully saturated rings. The lowest BCUT2D eigenvalue weighted by Crippen LogP contribution is -2.34. The highest BCUT2D eigenvalue weighted by molar-refractivity contribution is 5.70. The zero-order chi connectivity index (χ0) is 13.0. The van der Waals surface area contributed by atoms with Crippen LogP contribution < -0.4 is 4.74 Å². The summed E-state index contributed by atoms with van der Waals surface area (Å²) in [6, 6.07) is 7.40. The number of ether oxygens (including phenoxy) is 1. The van der Waals surface area contributed by atoms with E-state index in [-0.39, 0.29) is 12.0 Å². The predicted octanol–water partition coefficient (Wildman–Crippen LogP) is 3.42. The molecule has 3 nitrogen and oxygen atoms in total. The van der Waals surface area contributed by atoms with E-state index in [2.05, 4.69) is 6.92 Å². The van der Waals surface area contributed by atoms with E-state index in [4.69, 9.17) is 9.84 Å². The molecule has 3 heteroatoms. The first kappa shape index (κ1) is 12.9. The van der Waals surface area contributed by atoms with E-state index in [1.807, 2.05) is 24.3 Å². The molecule has 1 aliphatic rings. The Balaban J connectivity index is 1.99. The number of hydrogen-bond donors (Lipinski definition) is 1. The van der Waals surface area contributed by atoms with E-state index >= 15 is 0 Å². The Morgan fingerprint density at radius 1 is 1.22 bits per heavy atom. The number of carboxylic acids is 1. The minimum absolute atomic E-state index is 0.0490. The van der Waals surface area contributed by atoms with Crippen molar-refractivity contribution in [1.82, 2.24) is 0 Å². The number of rotatable bonds is 4. The maximum absolute atomic E-state index is 10.6. The number of benzene rings is 1. The summed E-state index contributed by atoms with van der Waals surface area (Å²) in [6.07, 6.45) is 6.03. The summed E-state index contributed by atoms with van der Waals surface area (Å²) in [4.78, 5) is 10.6. The predicted molar refractivity (Wildman–Crippen MR) is 69.9 cm³/mol. The monoisotopic (exact) mass is 248 g/mol. The van der Waals surface area contributed by atoms with Gasteiger partial charge < -0.3 is 9.84 Å². The third kappa shape index (κ3) is 3.49. The summed E-state index contributed by atoms with van der Waals surface area (Å²) >= 11 is 0. The zero-order valence-corrected chi connectivity index (χ0v) is 10.8. The first-order chi connectivity index (χ1) is 8.57. The molecule has 0 saturated heterocycles. The van der Waals surface area contributed by atoms with Crippen LogP contribution >= 0.6 is 0 Å². The van der Waals surface area contributed by atoms with Gasteiger partial charge in [0, 0.05) is 0 Å². The number of carboxylic acid groups (broad SMARTS) is 1. The van der Waals surface area contributed by atoms with Gasteiger partial charge in [-0.15, -0.1) is 0 Å². The van der Waals surface area contributed by atoms with Crippen LogP contribution in [0.25, 0.3) is 0 Å². The van der Waals surface area contributed by atoms with Crippen molar-refractivity contribution in [2.24, 2.45) is 0 Å². The van der Waals surface area contributed by atoms with Crippen LogP contribution in [0.5, 0.6) is 5.75 Å². The average molecular weight is 248 g/mol. The second-order valence-corrected chi connectivity index (χ2v) is 5.33. The van der Waals surface area contributed by atoms with Crippen molar-refractivity contribution in [3.05, 3.63) is 29.8 Å². The molecular formula is C15H20O3. The van der Waals surface area contributed by atoms with E-state index in [1.54, 1.807) is 0 Å². The highest BCUT2D eigenvalue weighted by Gasteiger charge is 2.28. The third-order valence-electron chi connectivity index (χ3n) is 3.55. The van der Waals surface area contributed by atoms with Gasteiger partial charge in [0.1, 0.15) is 11.4 Å². The SMILES string of the molecule is CC1(Oc2ccc(CC(=O)O)cc2)CCCCC1. The zero-order valence-electron chi connectivity index (χ0n) is 10.8. The molecule has 0 radical (unpaired) electrons. The summed E-state index contributed by atoms with van der Waals surface area (Å²) in [5.41, 5.74) is 0.760. The smallest absolute Gasteiger partial charge is 0.307 e. The Morgan fingerprint density at radius 3 is 2.39 bits per heavy atom. The normalized spacial score (nSPS) is 18.3. The molecule has 0 aromatic heterocycles. The Labute approximate surface area is 108 Å². The van der Waals surface area contributed by atoms with Gasteiger partial charge in [-0.1, -0.05) is 18.6 Å². The topological polar surface area (TPSA) is 46.5 Å². The first-order valence-electron chi connectivity index (χ1n) is 6.57. The molecule has 0 amide bonds. The maximum Gasteiger partial charge on any atom is 0.307 e. The van der Waals surface area contributed by atoms with Gasteiger partial charge >= 0.3 is 5.97 Å². The van der Waals surface area contributed by atoms with E-state index < -0.39 is 5.97 Å². The standard InChI is InChI=1S/C15H20O3/c1-15(9-3-2-4-10-15)18-13-7-5-12(6-8-13)11-14(16)17/h5-8H,2-4,9-11H2,1H3,(H,16,17). The highest BCUT2D eigenvalue weighted by atomic mass is 16.5. The lowest BCUT2D eigenvalue weighted by molar-refractivity contribution is -0.136. The van der Waals surface area contributed by atoms with Gasteiger partial charge in [-0.05, 0) is 50.3 Å². The second kappa shape index (κ2) is 5.42. The Bertz CT molecular complexity index is 402. The molecule has 1 aliphatic carbocycles. The van der Waals surface area contributed by atoms with E-state index in [1.165, 1.54) is 19.3 Å². The lowest BCUT2D eigenvalue weighted by Gasteiger charge is -2.34. The molecule has 1 saturated carbocycles. The summed E-state index contributed by atoms with van der Waals surface area (Å²) in [7, 11) is 0. The van der Waals surface area contributed by atoms with Crippen LogP contribution in [0.3, 0.4) is 0 Å². The first-order valence-corrected chi connectivity index (χ1v) is 6.57. The summed E-state index contributed by atoms with van der Waals surface area (Å²) < 4.78 is 6.06. The van der Waals surface area contributed by atoms with Crippen LogP contribution in [-0.4, -0.2) is 16.7 Å². The van der Waals surface area contributed by atoms with E-state index in [9.17, 15) is 4.79 Å². The third-order valence-corrected chi connectivity index (χ3v) is 3.55. The Hall–Kier alpha value is -1.51. The van der Waals surface area contributed by atoms with Crippen LogP contribution in [0, 0.1) is 0 Å². The fraction of sp³-hybridized carbons (Fsp3) is 0.533. The molecule has 0 atom stereocenters. The number of aliphatic carboxylic acids is 1. The number of hydrogen-bond acceptors (Lipinski definition) is 2. The molecule has 98 valence electrons. The molecule has 1 aromatic rings. The molecule has 0 aliphatic heterocycles. The van der Waals surface area contributed by atoms with E-state index in [0.29, 0.717) is 0 Å². The summed E-state index contributed by atoms with van der Waals surface area (Å²) in [6.45, 7) is 2.16. The molecule has 18 heavy (non-hydrogen) atoms.